The fraction of sp³-hybridized carbons (Fsp3) is 0.714. The first kappa shape index (κ1) is 20.6. The third-order valence-electron chi connectivity index (χ3n) is 2.78. The lowest BCUT2D eigenvalue weighted by molar-refractivity contribution is 0.195. The molecule has 0 saturated carbocycles. The number of hydrogen-bond donors (Lipinski definition) is 2. The number of thiazole rings is 1. The molecule has 5 nitrogen and oxygen atoms in total. The highest BCUT2D eigenvalue weighted by molar-refractivity contribution is 14.0. The molecule has 1 heterocycles. The largest absolute Gasteiger partial charge is 0.385 e. The molecular formula is C14H27IN4OS. The average molecular weight is 426 g/mol. The Morgan fingerprint density at radius 1 is 1.38 bits per heavy atom. The van der Waals surface area contributed by atoms with Crippen molar-refractivity contribution in [3.63, 3.8) is 0 Å². The van der Waals surface area contributed by atoms with Crippen LogP contribution in [0.4, 0.5) is 0 Å². The highest BCUT2D eigenvalue weighted by Gasteiger charge is 2.05. The first-order valence-electron chi connectivity index (χ1n) is 7.05. The van der Waals surface area contributed by atoms with E-state index in [-0.39, 0.29) is 24.0 Å². The van der Waals surface area contributed by atoms with Gasteiger partial charge in [0.2, 0.25) is 0 Å². The molecule has 0 aromatic carbocycles. The first-order valence-corrected chi connectivity index (χ1v) is 7.93. The summed E-state index contributed by atoms with van der Waals surface area (Å²) < 4.78 is 5.01. The standard InChI is InChI=1S/C14H26N4OS.HI/c1-11(2)13-18-12(10-20-13)6-8-17-14(15-3)16-7-5-9-19-4;/h10-11H,5-9H2,1-4H3,(H2,15,16,17);1H. The van der Waals surface area contributed by atoms with Crippen LogP contribution in [0.25, 0.3) is 0 Å². The molecule has 0 atom stereocenters. The summed E-state index contributed by atoms with van der Waals surface area (Å²) in [5.41, 5.74) is 1.15. The number of methoxy groups -OCH3 is 1. The van der Waals surface area contributed by atoms with Crippen LogP contribution < -0.4 is 10.6 Å². The lowest BCUT2D eigenvalue weighted by Gasteiger charge is -2.11. The number of ether oxygens (including phenoxy) is 1. The second-order valence-corrected chi connectivity index (χ2v) is 5.74. The number of guanidine groups is 1. The molecule has 0 aliphatic heterocycles. The van der Waals surface area contributed by atoms with E-state index in [0.29, 0.717) is 5.92 Å². The molecule has 0 bridgehead atoms. The Morgan fingerprint density at radius 3 is 2.67 bits per heavy atom. The van der Waals surface area contributed by atoms with E-state index < -0.39 is 0 Å². The van der Waals surface area contributed by atoms with Gasteiger partial charge in [0.15, 0.2) is 5.96 Å². The Hall–Kier alpha value is -0.410. The smallest absolute Gasteiger partial charge is 0.190 e. The summed E-state index contributed by atoms with van der Waals surface area (Å²) in [4.78, 5) is 8.81. The summed E-state index contributed by atoms with van der Waals surface area (Å²) in [6.07, 6.45) is 1.89. The first-order chi connectivity index (χ1) is 9.67. The van der Waals surface area contributed by atoms with Crippen LogP contribution in [0.3, 0.4) is 0 Å². The number of nitrogens with one attached hydrogen (secondary N) is 2. The van der Waals surface area contributed by atoms with Gasteiger partial charge in [-0.2, -0.15) is 0 Å². The van der Waals surface area contributed by atoms with Gasteiger partial charge in [0, 0.05) is 51.6 Å². The van der Waals surface area contributed by atoms with Crippen molar-refractivity contribution in [3.05, 3.63) is 16.1 Å². The lowest BCUT2D eigenvalue weighted by Crippen LogP contribution is -2.39. The van der Waals surface area contributed by atoms with Gasteiger partial charge >= 0.3 is 0 Å². The molecule has 0 spiro atoms. The maximum Gasteiger partial charge on any atom is 0.190 e. The average Bonchev–Trinajstić information content (AvgIpc) is 2.90. The summed E-state index contributed by atoms with van der Waals surface area (Å²) >= 11 is 1.74. The number of hydrogen-bond acceptors (Lipinski definition) is 4. The van der Waals surface area contributed by atoms with Crippen molar-refractivity contribution in [3.8, 4) is 0 Å². The molecule has 0 amide bonds. The summed E-state index contributed by atoms with van der Waals surface area (Å²) in [7, 11) is 3.50. The Bertz CT molecular complexity index is 409. The maximum atomic E-state index is 5.01. The number of nitrogens with zero attached hydrogens (tertiary/aromatic N) is 2. The fourth-order valence-corrected chi connectivity index (χ4v) is 2.52. The van der Waals surface area contributed by atoms with E-state index in [1.54, 1.807) is 25.5 Å². The van der Waals surface area contributed by atoms with Gasteiger partial charge in [-0.3, -0.25) is 4.99 Å². The Kier molecular flexibility index (Phi) is 11.9. The van der Waals surface area contributed by atoms with E-state index in [1.807, 2.05) is 0 Å². The molecule has 0 unspecified atom stereocenters. The molecule has 7 heteroatoms. The zero-order chi connectivity index (χ0) is 14.8. The molecule has 1 aromatic rings. The molecular weight excluding hydrogens is 399 g/mol. The van der Waals surface area contributed by atoms with Crippen molar-refractivity contribution >= 4 is 41.3 Å². The molecule has 0 aliphatic rings. The van der Waals surface area contributed by atoms with Gasteiger partial charge in [-0.05, 0) is 6.42 Å². The van der Waals surface area contributed by atoms with Crippen LogP contribution in [0.1, 0.15) is 36.9 Å². The Balaban J connectivity index is 0.00000400. The summed E-state index contributed by atoms with van der Waals surface area (Å²) in [6.45, 7) is 6.81. The van der Waals surface area contributed by atoms with Crippen LogP contribution in [0.2, 0.25) is 0 Å². The highest BCUT2D eigenvalue weighted by Crippen LogP contribution is 2.19. The minimum atomic E-state index is 0. The van der Waals surface area contributed by atoms with Crippen molar-refractivity contribution in [2.45, 2.75) is 32.6 Å². The normalized spacial score (nSPS) is 11.4. The van der Waals surface area contributed by atoms with Gasteiger partial charge in [0.25, 0.3) is 0 Å². The number of rotatable bonds is 8. The topological polar surface area (TPSA) is 58.5 Å². The molecule has 122 valence electrons. The minimum Gasteiger partial charge on any atom is -0.385 e. The van der Waals surface area contributed by atoms with E-state index in [0.717, 1.165) is 44.2 Å². The summed E-state index contributed by atoms with van der Waals surface area (Å²) in [5, 5.41) is 9.91. The zero-order valence-electron chi connectivity index (χ0n) is 13.3. The van der Waals surface area contributed by atoms with Crippen molar-refractivity contribution < 1.29 is 4.74 Å². The van der Waals surface area contributed by atoms with E-state index in [2.05, 4.69) is 39.8 Å². The van der Waals surface area contributed by atoms with Gasteiger partial charge in [0.05, 0.1) is 10.7 Å². The van der Waals surface area contributed by atoms with Crippen molar-refractivity contribution in [2.24, 2.45) is 4.99 Å². The van der Waals surface area contributed by atoms with E-state index in [4.69, 9.17) is 4.74 Å². The fourth-order valence-electron chi connectivity index (χ4n) is 1.66. The van der Waals surface area contributed by atoms with Crippen LogP contribution in [-0.2, 0) is 11.2 Å². The summed E-state index contributed by atoms with van der Waals surface area (Å²) in [6, 6.07) is 0. The van der Waals surface area contributed by atoms with E-state index >= 15 is 0 Å². The maximum absolute atomic E-state index is 5.01. The molecule has 2 N–H and O–H groups in total. The minimum absolute atomic E-state index is 0. The van der Waals surface area contributed by atoms with E-state index in [9.17, 15) is 0 Å². The van der Waals surface area contributed by atoms with Crippen LogP contribution in [0.15, 0.2) is 10.4 Å². The number of aromatic nitrogens is 1. The van der Waals surface area contributed by atoms with Gasteiger partial charge in [-0.15, -0.1) is 35.3 Å². The predicted octanol–water partition coefficient (Wildman–Crippen LogP) is 2.63. The molecule has 0 aliphatic carbocycles. The Morgan fingerprint density at radius 2 is 2.10 bits per heavy atom. The zero-order valence-corrected chi connectivity index (χ0v) is 16.5. The molecule has 0 saturated heterocycles. The number of aliphatic imine (C=N–C) groups is 1. The second kappa shape index (κ2) is 12.2. The van der Waals surface area contributed by atoms with Crippen molar-refractivity contribution in [2.75, 3.05) is 33.9 Å². The van der Waals surface area contributed by atoms with Gasteiger partial charge in [-0.1, -0.05) is 13.8 Å². The molecule has 0 radical (unpaired) electrons. The molecule has 0 fully saturated rings. The van der Waals surface area contributed by atoms with Crippen LogP contribution in [0, 0.1) is 0 Å². The third kappa shape index (κ3) is 8.57. The monoisotopic (exact) mass is 426 g/mol. The Labute approximate surface area is 149 Å². The van der Waals surface area contributed by atoms with Crippen molar-refractivity contribution in [1.29, 1.82) is 0 Å². The van der Waals surface area contributed by atoms with Gasteiger partial charge in [-0.25, -0.2) is 4.98 Å². The van der Waals surface area contributed by atoms with Gasteiger partial charge in [0.1, 0.15) is 0 Å². The predicted molar refractivity (Wildman–Crippen MR) is 101 cm³/mol. The molecule has 1 rings (SSSR count). The van der Waals surface area contributed by atoms with Crippen molar-refractivity contribution in [1.82, 2.24) is 15.6 Å². The van der Waals surface area contributed by atoms with Crippen LogP contribution in [-0.4, -0.2) is 44.8 Å². The number of halogens is 1. The quantitative estimate of drug-likeness (QED) is 0.291. The summed E-state index contributed by atoms with van der Waals surface area (Å²) in [5.74, 6) is 1.34. The van der Waals surface area contributed by atoms with Crippen LogP contribution >= 0.6 is 35.3 Å². The molecule has 21 heavy (non-hydrogen) atoms. The second-order valence-electron chi connectivity index (χ2n) is 4.85. The highest BCUT2D eigenvalue weighted by atomic mass is 127. The lowest BCUT2D eigenvalue weighted by atomic mass is 10.2. The third-order valence-corrected chi connectivity index (χ3v) is 3.97. The SMILES string of the molecule is CN=C(NCCCOC)NCCc1csc(C(C)C)n1.I. The molecule has 1 aromatic heterocycles. The van der Waals surface area contributed by atoms with E-state index in [1.165, 1.54) is 5.01 Å². The van der Waals surface area contributed by atoms with Crippen LogP contribution in [0.5, 0.6) is 0 Å². The van der Waals surface area contributed by atoms with Gasteiger partial charge < -0.3 is 15.4 Å².